The maximum Gasteiger partial charge on any atom is 0.335 e. The van der Waals surface area contributed by atoms with Crippen molar-refractivity contribution in [3.63, 3.8) is 0 Å². The van der Waals surface area contributed by atoms with E-state index < -0.39 is 17.6 Å². The molecule has 3 atom stereocenters. The number of benzene rings is 2. The van der Waals surface area contributed by atoms with E-state index in [0.29, 0.717) is 35.8 Å². The van der Waals surface area contributed by atoms with Crippen molar-refractivity contribution in [3.05, 3.63) is 64.2 Å². The Kier molecular flexibility index (Phi) is 7.77. The monoisotopic (exact) mass is 461 g/mol. The summed E-state index contributed by atoms with van der Waals surface area (Å²) < 4.78 is 12.2. The number of aromatic carboxylic acids is 1. The van der Waals surface area contributed by atoms with Crippen molar-refractivity contribution < 1.29 is 29.3 Å². The molecular weight excluding hydrogens is 434 g/mol. The number of amides is 1. The first-order valence-corrected chi connectivity index (χ1v) is 11.0. The van der Waals surface area contributed by atoms with Crippen LogP contribution in [0.15, 0.2) is 42.5 Å². The lowest BCUT2D eigenvalue weighted by molar-refractivity contribution is -0.129. The average molecular weight is 462 g/mol. The number of carbonyl (C=O) groups excluding carboxylic acids is 1. The fraction of sp³-hybridized carbons (Fsp3) is 0.417. The molecule has 1 aliphatic rings. The molecule has 2 aromatic carbocycles. The number of rotatable bonds is 8. The van der Waals surface area contributed by atoms with Gasteiger partial charge in [-0.1, -0.05) is 29.8 Å². The van der Waals surface area contributed by atoms with Gasteiger partial charge in [0, 0.05) is 35.4 Å². The number of carboxylic acid groups (broad SMARTS) is 1. The summed E-state index contributed by atoms with van der Waals surface area (Å²) in [6.07, 6.45) is 0.156. The maximum absolute atomic E-state index is 12.3. The number of hydrogen-bond donors (Lipinski definition) is 3. The second-order valence-corrected chi connectivity index (χ2v) is 8.59. The van der Waals surface area contributed by atoms with Crippen molar-refractivity contribution >= 4 is 23.5 Å². The van der Waals surface area contributed by atoms with E-state index in [1.807, 2.05) is 32.0 Å². The second kappa shape index (κ2) is 10.3. The average Bonchev–Trinajstić information content (AvgIpc) is 2.73. The van der Waals surface area contributed by atoms with E-state index in [-0.39, 0.29) is 30.6 Å². The van der Waals surface area contributed by atoms with Crippen LogP contribution in [0.3, 0.4) is 0 Å². The summed E-state index contributed by atoms with van der Waals surface area (Å²) in [6, 6.07) is 12.1. The smallest absolute Gasteiger partial charge is 0.335 e. The summed E-state index contributed by atoms with van der Waals surface area (Å²) >= 11 is 6.20. The molecule has 1 aliphatic heterocycles. The fourth-order valence-electron chi connectivity index (χ4n) is 4.10. The summed E-state index contributed by atoms with van der Waals surface area (Å²) in [6.45, 7) is 3.91. The van der Waals surface area contributed by atoms with Gasteiger partial charge >= 0.3 is 5.97 Å². The first-order chi connectivity index (χ1) is 15.2. The second-order valence-electron chi connectivity index (χ2n) is 8.15. The molecule has 1 saturated heterocycles. The van der Waals surface area contributed by atoms with Crippen LogP contribution in [-0.4, -0.2) is 40.8 Å². The number of carbonyl (C=O) groups is 2. The first-order valence-electron chi connectivity index (χ1n) is 10.6. The molecule has 0 spiro atoms. The van der Waals surface area contributed by atoms with Gasteiger partial charge in [0.1, 0.15) is 5.75 Å². The summed E-state index contributed by atoms with van der Waals surface area (Å²) in [5, 5.41) is 22.1. The molecule has 0 unspecified atom stereocenters. The van der Waals surface area contributed by atoms with Crippen LogP contribution >= 0.6 is 11.6 Å². The molecule has 32 heavy (non-hydrogen) atoms. The lowest BCUT2D eigenvalue weighted by atomic mass is 9.81. The van der Waals surface area contributed by atoms with Crippen molar-refractivity contribution in [2.75, 3.05) is 13.2 Å². The van der Waals surface area contributed by atoms with Crippen LogP contribution in [0.25, 0.3) is 0 Å². The third kappa shape index (κ3) is 5.79. The standard InChI is InChI=1S/C24H28ClNO6/c1-3-31-19-12-16(23(29)30)7-8-18(19)21-14-24(2,26-22(28)9-10-27)13-20(32-21)15-5-4-6-17(25)11-15/h4-8,11-12,20-21,27H,3,9-10,13-14H2,1-2H3,(H,26,28)(H,29,30)/t20-,21+,24-/m0/s1. The van der Waals surface area contributed by atoms with Crippen molar-refractivity contribution in [1.82, 2.24) is 5.32 Å². The number of hydrogen-bond acceptors (Lipinski definition) is 5. The van der Waals surface area contributed by atoms with Crippen LogP contribution in [0, 0.1) is 0 Å². The zero-order valence-corrected chi connectivity index (χ0v) is 18.9. The number of aliphatic hydroxyl groups excluding tert-OH is 1. The third-order valence-corrected chi connectivity index (χ3v) is 5.74. The molecule has 1 fully saturated rings. The quantitative estimate of drug-likeness (QED) is 0.541. The van der Waals surface area contributed by atoms with Gasteiger partial charge in [0.25, 0.3) is 0 Å². The number of nitrogens with one attached hydrogen (secondary N) is 1. The van der Waals surface area contributed by atoms with Crippen molar-refractivity contribution in [2.45, 2.75) is 50.9 Å². The van der Waals surface area contributed by atoms with E-state index in [9.17, 15) is 14.7 Å². The summed E-state index contributed by atoms with van der Waals surface area (Å²) in [7, 11) is 0. The van der Waals surface area contributed by atoms with Gasteiger partial charge in [-0.25, -0.2) is 4.79 Å². The van der Waals surface area contributed by atoms with E-state index >= 15 is 0 Å². The Bertz CT molecular complexity index is 981. The summed E-state index contributed by atoms with van der Waals surface area (Å²) in [5.74, 6) is -0.847. The van der Waals surface area contributed by atoms with Crippen LogP contribution in [-0.2, 0) is 9.53 Å². The van der Waals surface area contributed by atoms with Crippen molar-refractivity contribution in [1.29, 1.82) is 0 Å². The Labute approximate surface area is 192 Å². The normalized spacial score (nSPS) is 22.9. The number of halogens is 1. The zero-order chi connectivity index (χ0) is 23.3. The highest BCUT2D eigenvalue weighted by Crippen LogP contribution is 2.46. The molecule has 8 heteroatoms. The lowest BCUT2D eigenvalue weighted by Crippen LogP contribution is -2.51. The molecule has 7 nitrogen and oxygen atoms in total. The molecule has 3 N–H and O–H groups in total. The van der Waals surface area contributed by atoms with Gasteiger partial charge in [-0.05, 0) is 43.7 Å². The molecule has 2 aromatic rings. The van der Waals surface area contributed by atoms with Crippen molar-refractivity contribution in [2.24, 2.45) is 0 Å². The number of ether oxygens (including phenoxy) is 2. The van der Waals surface area contributed by atoms with E-state index in [1.54, 1.807) is 12.1 Å². The van der Waals surface area contributed by atoms with E-state index in [2.05, 4.69) is 5.32 Å². The molecule has 0 saturated carbocycles. The van der Waals surface area contributed by atoms with E-state index in [4.69, 9.17) is 26.2 Å². The molecular formula is C24H28ClNO6. The van der Waals surface area contributed by atoms with Gasteiger partial charge in [-0.3, -0.25) is 4.79 Å². The topological polar surface area (TPSA) is 105 Å². The number of carboxylic acids is 1. The van der Waals surface area contributed by atoms with Crippen LogP contribution < -0.4 is 10.1 Å². The maximum atomic E-state index is 12.3. The Morgan fingerprint density at radius 1 is 1.22 bits per heavy atom. The minimum Gasteiger partial charge on any atom is -0.493 e. The van der Waals surface area contributed by atoms with Gasteiger partial charge in [-0.2, -0.15) is 0 Å². The molecule has 0 radical (unpaired) electrons. The Hall–Kier alpha value is -2.61. The SMILES string of the molecule is CCOc1cc(C(=O)O)ccc1[C@H]1C[C@@](C)(NC(=O)CCO)C[C@@H](c2cccc(Cl)c2)O1. The lowest BCUT2D eigenvalue weighted by Gasteiger charge is -2.43. The zero-order valence-electron chi connectivity index (χ0n) is 18.1. The Morgan fingerprint density at radius 3 is 2.62 bits per heavy atom. The molecule has 0 aromatic heterocycles. The van der Waals surface area contributed by atoms with Gasteiger partial charge < -0.3 is 25.0 Å². The van der Waals surface area contributed by atoms with Crippen LogP contribution in [0.1, 0.15) is 66.8 Å². The molecule has 1 heterocycles. The third-order valence-electron chi connectivity index (χ3n) is 5.51. The Morgan fingerprint density at radius 2 is 1.97 bits per heavy atom. The largest absolute Gasteiger partial charge is 0.493 e. The highest BCUT2D eigenvalue weighted by atomic mass is 35.5. The highest BCUT2D eigenvalue weighted by molar-refractivity contribution is 6.30. The highest BCUT2D eigenvalue weighted by Gasteiger charge is 2.41. The van der Waals surface area contributed by atoms with Crippen LogP contribution in [0.2, 0.25) is 5.02 Å². The minimum atomic E-state index is -1.04. The predicted octanol–water partition coefficient (Wildman–Crippen LogP) is 4.29. The predicted molar refractivity (Wildman–Crippen MR) is 120 cm³/mol. The molecule has 0 aliphatic carbocycles. The molecule has 0 bridgehead atoms. The van der Waals surface area contributed by atoms with Crippen molar-refractivity contribution in [3.8, 4) is 5.75 Å². The van der Waals surface area contributed by atoms with Gasteiger partial charge in [-0.15, -0.1) is 0 Å². The van der Waals surface area contributed by atoms with Crippen LogP contribution in [0.4, 0.5) is 0 Å². The van der Waals surface area contributed by atoms with Gasteiger partial charge in [0.05, 0.1) is 31.0 Å². The summed E-state index contributed by atoms with van der Waals surface area (Å²) in [5.41, 5.74) is 1.09. The minimum absolute atomic E-state index is 0.0143. The molecule has 3 rings (SSSR count). The first kappa shape index (κ1) is 24.0. The summed E-state index contributed by atoms with van der Waals surface area (Å²) in [4.78, 5) is 23.8. The Balaban J connectivity index is 2.00. The van der Waals surface area contributed by atoms with Gasteiger partial charge in [0.15, 0.2) is 0 Å². The number of aliphatic hydroxyl groups is 1. The van der Waals surface area contributed by atoms with Crippen LogP contribution in [0.5, 0.6) is 5.75 Å². The molecule has 172 valence electrons. The fourth-order valence-corrected chi connectivity index (χ4v) is 4.30. The van der Waals surface area contributed by atoms with Gasteiger partial charge in [0.2, 0.25) is 5.91 Å². The molecule has 1 amide bonds. The van der Waals surface area contributed by atoms with E-state index in [1.165, 1.54) is 12.1 Å². The van der Waals surface area contributed by atoms with E-state index in [0.717, 1.165) is 5.56 Å².